The van der Waals surface area contributed by atoms with Gasteiger partial charge in [-0.15, -0.1) is 0 Å². The predicted molar refractivity (Wildman–Crippen MR) is 102 cm³/mol. The molecule has 1 N–H and O–H groups in total. The highest BCUT2D eigenvalue weighted by Crippen LogP contribution is 2.20. The first-order chi connectivity index (χ1) is 12.7. The molecule has 0 aliphatic carbocycles. The van der Waals surface area contributed by atoms with Crippen LogP contribution in [0.3, 0.4) is 0 Å². The summed E-state index contributed by atoms with van der Waals surface area (Å²) in [6, 6.07) is 3.79. The summed E-state index contributed by atoms with van der Waals surface area (Å²) in [7, 11) is 1.60. The van der Waals surface area contributed by atoms with Gasteiger partial charge >= 0.3 is 6.03 Å². The van der Waals surface area contributed by atoms with Gasteiger partial charge in [0.1, 0.15) is 0 Å². The van der Waals surface area contributed by atoms with E-state index in [1.807, 2.05) is 17.0 Å². The van der Waals surface area contributed by atoms with Gasteiger partial charge in [-0.05, 0) is 56.3 Å². The topological polar surface area (TPSA) is 57.7 Å². The van der Waals surface area contributed by atoms with Crippen molar-refractivity contribution >= 4 is 6.03 Å². The first kappa shape index (κ1) is 19.0. The van der Waals surface area contributed by atoms with Crippen molar-refractivity contribution in [2.75, 3.05) is 39.8 Å². The van der Waals surface area contributed by atoms with Gasteiger partial charge in [-0.1, -0.05) is 12.8 Å². The SMILES string of the molecule is COc1cc(CNC(=O)N2CCC(CN3CCCCCC3)CC2)ccn1. The lowest BCUT2D eigenvalue weighted by Crippen LogP contribution is -2.45. The maximum atomic E-state index is 12.4. The zero-order chi connectivity index (χ0) is 18.2. The van der Waals surface area contributed by atoms with Crippen LogP contribution in [0, 0.1) is 5.92 Å². The van der Waals surface area contributed by atoms with Gasteiger partial charge in [0.25, 0.3) is 0 Å². The van der Waals surface area contributed by atoms with Gasteiger partial charge in [0.2, 0.25) is 5.88 Å². The molecular formula is C20H32N4O2. The van der Waals surface area contributed by atoms with Crippen LogP contribution in [0.1, 0.15) is 44.1 Å². The number of nitrogens with one attached hydrogen (secondary N) is 1. The Morgan fingerprint density at radius 3 is 2.62 bits per heavy atom. The quantitative estimate of drug-likeness (QED) is 0.877. The fraction of sp³-hybridized carbons (Fsp3) is 0.700. The molecule has 26 heavy (non-hydrogen) atoms. The Bertz CT molecular complexity index is 565. The van der Waals surface area contributed by atoms with Gasteiger partial charge in [-0.2, -0.15) is 0 Å². The van der Waals surface area contributed by atoms with Crippen molar-refractivity contribution in [2.45, 2.75) is 45.1 Å². The fourth-order valence-electron chi connectivity index (χ4n) is 3.96. The van der Waals surface area contributed by atoms with Crippen molar-refractivity contribution in [3.63, 3.8) is 0 Å². The zero-order valence-electron chi connectivity index (χ0n) is 16.0. The van der Waals surface area contributed by atoms with E-state index in [2.05, 4.69) is 15.2 Å². The normalized spacial score (nSPS) is 19.8. The predicted octanol–water partition coefficient (Wildman–Crippen LogP) is 2.89. The Morgan fingerprint density at radius 2 is 1.92 bits per heavy atom. The minimum Gasteiger partial charge on any atom is -0.481 e. The minimum absolute atomic E-state index is 0.0361. The van der Waals surface area contributed by atoms with Crippen LogP contribution in [-0.4, -0.2) is 60.6 Å². The number of carbonyl (C=O) groups is 1. The number of likely N-dealkylation sites (tertiary alicyclic amines) is 2. The number of aromatic nitrogens is 1. The van der Waals surface area contributed by atoms with Crippen LogP contribution in [0.5, 0.6) is 5.88 Å². The van der Waals surface area contributed by atoms with Crippen LogP contribution in [0.25, 0.3) is 0 Å². The maximum absolute atomic E-state index is 12.4. The number of carbonyl (C=O) groups excluding carboxylic acids is 1. The van der Waals surface area contributed by atoms with E-state index in [0.717, 1.165) is 37.4 Å². The zero-order valence-corrected chi connectivity index (χ0v) is 16.0. The van der Waals surface area contributed by atoms with Gasteiger partial charge in [-0.25, -0.2) is 9.78 Å². The number of pyridine rings is 1. The summed E-state index contributed by atoms with van der Waals surface area (Å²) in [5.41, 5.74) is 1.00. The van der Waals surface area contributed by atoms with Crippen LogP contribution < -0.4 is 10.1 Å². The summed E-state index contributed by atoms with van der Waals surface area (Å²) in [5, 5.41) is 3.02. The van der Waals surface area contributed by atoms with Crippen molar-refractivity contribution in [3.8, 4) is 5.88 Å². The summed E-state index contributed by atoms with van der Waals surface area (Å²) in [5.74, 6) is 1.31. The van der Waals surface area contributed by atoms with E-state index in [-0.39, 0.29) is 6.03 Å². The average molecular weight is 361 g/mol. The first-order valence-corrected chi connectivity index (χ1v) is 9.98. The molecule has 2 aliphatic heterocycles. The molecule has 0 bridgehead atoms. The Balaban J connectivity index is 1.38. The highest BCUT2D eigenvalue weighted by Gasteiger charge is 2.24. The van der Waals surface area contributed by atoms with E-state index in [1.165, 1.54) is 45.3 Å². The third-order valence-corrected chi connectivity index (χ3v) is 5.57. The summed E-state index contributed by atoms with van der Waals surface area (Å²) in [6.45, 7) is 5.97. The van der Waals surface area contributed by atoms with Crippen molar-refractivity contribution < 1.29 is 9.53 Å². The number of nitrogens with zero attached hydrogens (tertiary/aromatic N) is 3. The monoisotopic (exact) mass is 360 g/mol. The lowest BCUT2D eigenvalue weighted by Gasteiger charge is -2.34. The number of hydrogen-bond acceptors (Lipinski definition) is 4. The summed E-state index contributed by atoms with van der Waals surface area (Å²) in [6.07, 6.45) is 9.41. The molecule has 6 heteroatoms. The Hall–Kier alpha value is -1.82. The molecule has 2 fully saturated rings. The molecule has 1 aromatic heterocycles. The molecule has 6 nitrogen and oxygen atoms in total. The molecule has 3 heterocycles. The fourth-order valence-corrected chi connectivity index (χ4v) is 3.96. The third-order valence-electron chi connectivity index (χ3n) is 5.57. The van der Waals surface area contributed by atoms with Crippen molar-refractivity contribution in [1.82, 2.24) is 20.1 Å². The number of ether oxygens (including phenoxy) is 1. The lowest BCUT2D eigenvalue weighted by atomic mass is 9.96. The van der Waals surface area contributed by atoms with Crippen LogP contribution in [-0.2, 0) is 6.54 Å². The average Bonchev–Trinajstić information content (AvgIpc) is 2.95. The van der Waals surface area contributed by atoms with E-state index < -0.39 is 0 Å². The largest absolute Gasteiger partial charge is 0.481 e. The molecule has 0 saturated carbocycles. The smallest absolute Gasteiger partial charge is 0.317 e. The standard InChI is InChI=1S/C20H32N4O2/c1-26-19-14-18(6-9-21-19)15-22-20(25)24-12-7-17(8-13-24)16-23-10-4-2-3-5-11-23/h6,9,14,17H,2-5,7-8,10-13,15-16H2,1H3,(H,22,25). The Kier molecular flexibility index (Phi) is 7.12. The molecule has 2 amide bonds. The van der Waals surface area contributed by atoms with E-state index >= 15 is 0 Å². The third kappa shape index (κ3) is 5.59. The number of amides is 2. The van der Waals surface area contributed by atoms with Crippen LogP contribution in [0.4, 0.5) is 4.79 Å². The molecule has 2 saturated heterocycles. The summed E-state index contributed by atoms with van der Waals surface area (Å²) < 4.78 is 5.12. The van der Waals surface area contributed by atoms with Crippen LogP contribution in [0.15, 0.2) is 18.3 Å². The highest BCUT2D eigenvalue weighted by atomic mass is 16.5. The molecule has 2 aliphatic rings. The molecule has 3 rings (SSSR count). The second-order valence-electron chi connectivity index (χ2n) is 7.51. The van der Waals surface area contributed by atoms with Gasteiger partial charge in [0.05, 0.1) is 7.11 Å². The van der Waals surface area contributed by atoms with Crippen LogP contribution >= 0.6 is 0 Å². The van der Waals surface area contributed by atoms with Gasteiger partial charge in [-0.3, -0.25) is 0 Å². The minimum atomic E-state index is 0.0361. The van der Waals surface area contributed by atoms with Crippen molar-refractivity contribution in [2.24, 2.45) is 5.92 Å². The second kappa shape index (κ2) is 9.76. The van der Waals surface area contributed by atoms with Gasteiger partial charge < -0.3 is 19.9 Å². The number of rotatable bonds is 5. The number of methoxy groups -OCH3 is 1. The number of hydrogen-bond donors (Lipinski definition) is 1. The molecule has 0 aromatic carbocycles. The van der Waals surface area contributed by atoms with Crippen molar-refractivity contribution in [3.05, 3.63) is 23.9 Å². The van der Waals surface area contributed by atoms with Gasteiger partial charge in [0, 0.05) is 38.4 Å². The van der Waals surface area contributed by atoms with E-state index in [9.17, 15) is 4.79 Å². The molecule has 1 aromatic rings. The highest BCUT2D eigenvalue weighted by molar-refractivity contribution is 5.74. The summed E-state index contributed by atoms with van der Waals surface area (Å²) in [4.78, 5) is 21.1. The molecule has 0 unspecified atom stereocenters. The molecule has 144 valence electrons. The van der Waals surface area contributed by atoms with E-state index in [4.69, 9.17) is 4.74 Å². The number of piperidine rings is 1. The summed E-state index contributed by atoms with van der Waals surface area (Å²) >= 11 is 0. The van der Waals surface area contributed by atoms with Gasteiger partial charge in [0.15, 0.2) is 0 Å². The van der Waals surface area contributed by atoms with Crippen LogP contribution in [0.2, 0.25) is 0 Å². The Morgan fingerprint density at radius 1 is 1.19 bits per heavy atom. The Labute approximate surface area is 156 Å². The maximum Gasteiger partial charge on any atom is 0.317 e. The first-order valence-electron chi connectivity index (χ1n) is 9.98. The molecule has 0 atom stereocenters. The lowest BCUT2D eigenvalue weighted by molar-refractivity contribution is 0.147. The molecular weight excluding hydrogens is 328 g/mol. The molecule has 0 radical (unpaired) electrons. The second-order valence-corrected chi connectivity index (χ2v) is 7.51. The number of urea groups is 1. The molecule has 0 spiro atoms. The van der Waals surface area contributed by atoms with E-state index in [1.54, 1.807) is 13.3 Å². The van der Waals surface area contributed by atoms with Crippen molar-refractivity contribution in [1.29, 1.82) is 0 Å². The van der Waals surface area contributed by atoms with E-state index in [0.29, 0.717) is 12.4 Å².